The quantitative estimate of drug-likeness (QED) is 0.872. The van der Waals surface area contributed by atoms with E-state index in [-0.39, 0.29) is 0 Å². The molecule has 3 heteroatoms. The molecule has 1 aromatic rings. The summed E-state index contributed by atoms with van der Waals surface area (Å²) in [4.78, 5) is 0. The summed E-state index contributed by atoms with van der Waals surface area (Å²) in [5, 5.41) is 3.94. The van der Waals surface area contributed by atoms with Crippen molar-refractivity contribution >= 4 is 11.6 Å². The Morgan fingerprint density at radius 3 is 2.79 bits per heavy atom. The van der Waals surface area contributed by atoms with E-state index in [9.17, 15) is 0 Å². The highest BCUT2D eigenvalue weighted by molar-refractivity contribution is 6.32. The van der Waals surface area contributed by atoms with Crippen LogP contribution in [0.5, 0.6) is 5.75 Å². The first-order chi connectivity index (χ1) is 9.10. The highest BCUT2D eigenvalue weighted by atomic mass is 35.5. The van der Waals surface area contributed by atoms with E-state index in [1.165, 1.54) is 18.4 Å². The van der Waals surface area contributed by atoms with E-state index in [0.717, 1.165) is 29.5 Å². The number of rotatable bonds is 4. The first kappa shape index (κ1) is 14.7. The summed E-state index contributed by atoms with van der Waals surface area (Å²) in [6, 6.07) is 6.41. The van der Waals surface area contributed by atoms with Crippen LogP contribution in [-0.4, -0.2) is 13.2 Å². The lowest BCUT2D eigenvalue weighted by molar-refractivity contribution is 0.129. The third kappa shape index (κ3) is 3.87. The Kier molecular flexibility index (Phi) is 5.12. The molecule has 0 radical (unpaired) electrons. The summed E-state index contributed by atoms with van der Waals surface area (Å²) in [6.07, 6.45) is 5.21. The van der Waals surface area contributed by atoms with Gasteiger partial charge >= 0.3 is 0 Å². The Balaban J connectivity index is 2.04. The fraction of sp³-hybridized carbons (Fsp3) is 0.625. The van der Waals surface area contributed by atoms with Gasteiger partial charge in [-0.3, -0.25) is 0 Å². The summed E-state index contributed by atoms with van der Waals surface area (Å²) < 4.78 is 6.07. The Labute approximate surface area is 121 Å². The van der Waals surface area contributed by atoms with Gasteiger partial charge < -0.3 is 10.1 Å². The van der Waals surface area contributed by atoms with Gasteiger partial charge in [0.2, 0.25) is 0 Å². The van der Waals surface area contributed by atoms with Gasteiger partial charge in [-0.25, -0.2) is 0 Å². The molecule has 106 valence electrons. The van der Waals surface area contributed by atoms with Crippen LogP contribution in [0, 0.1) is 5.92 Å². The summed E-state index contributed by atoms with van der Waals surface area (Å²) in [5.74, 6) is 1.59. The Morgan fingerprint density at radius 1 is 1.37 bits per heavy atom. The highest BCUT2D eigenvalue weighted by Crippen LogP contribution is 2.32. The second-order valence-electron chi connectivity index (χ2n) is 5.71. The number of benzene rings is 1. The van der Waals surface area contributed by atoms with Gasteiger partial charge in [0.1, 0.15) is 5.75 Å². The molecule has 0 heterocycles. The van der Waals surface area contributed by atoms with Gasteiger partial charge in [-0.05, 0) is 56.8 Å². The van der Waals surface area contributed by atoms with Crippen LogP contribution < -0.4 is 10.1 Å². The second kappa shape index (κ2) is 6.62. The van der Waals surface area contributed by atoms with Crippen molar-refractivity contribution < 1.29 is 4.74 Å². The number of hydrogen-bond acceptors (Lipinski definition) is 2. The topological polar surface area (TPSA) is 21.3 Å². The fourth-order valence-electron chi connectivity index (χ4n) is 2.71. The molecule has 1 fully saturated rings. The van der Waals surface area contributed by atoms with Gasteiger partial charge in [-0.1, -0.05) is 31.0 Å². The van der Waals surface area contributed by atoms with E-state index in [1.54, 1.807) is 0 Å². The average molecular weight is 282 g/mol. The van der Waals surface area contributed by atoms with E-state index in [1.807, 2.05) is 19.2 Å². The smallest absolute Gasteiger partial charge is 0.138 e. The molecule has 2 nitrogen and oxygen atoms in total. The van der Waals surface area contributed by atoms with E-state index < -0.39 is 0 Å². The summed E-state index contributed by atoms with van der Waals surface area (Å²) in [7, 11) is 1.95. The van der Waals surface area contributed by atoms with Crippen molar-refractivity contribution in [2.75, 3.05) is 7.05 Å². The van der Waals surface area contributed by atoms with Crippen LogP contribution >= 0.6 is 11.6 Å². The molecule has 1 N–H and O–H groups in total. The molecule has 19 heavy (non-hydrogen) atoms. The van der Waals surface area contributed by atoms with Crippen molar-refractivity contribution in [3.05, 3.63) is 28.8 Å². The molecule has 1 aliphatic carbocycles. The molecule has 0 aliphatic heterocycles. The lowest BCUT2D eigenvalue weighted by Gasteiger charge is -2.28. The van der Waals surface area contributed by atoms with Gasteiger partial charge in [0.25, 0.3) is 0 Å². The lowest BCUT2D eigenvalue weighted by atomic mass is 9.89. The lowest BCUT2D eigenvalue weighted by Crippen LogP contribution is -2.24. The molecule has 0 bridgehead atoms. The molecule has 0 aromatic heterocycles. The molecule has 1 aliphatic rings. The van der Waals surface area contributed by atoms with Crippen LogP contribution in [0.25, 0.3) is 0 Å². The molecule has 0 spiro atoms. The number of hydrogen-bond donors (Lipinski definition) is 1. The molecule has 1 aromatic carbocycles. The number of nitrogens with one attached hydrogen (secondary N) is 1. The predicted octanol–water partition coefficient (Wildman–Crippen LogP) is 4.58. The van der Waals surface area contributed by atoms with Gasteiger partial charge in [-0.15, -0.1) is 0 Å². The summed E-state index contributed by atoms with van der Waals surface area (Å²) in [5.41, 5.74) is 1.19. The first-order valence-electron chi connectivity index (χ1n) is 7.23. The van der Waals surface area contributed by atoms with Crippen molar-refractivity contribution in [1.82, 2.24) is 5.32 Å². The van der Waals surface area contributed by atoms with Crippen molar-refractivity contribution in [3.63, 3.8) is 0 Å². The minimum Gasteiger partial charge on any atom is -0.489 e. The van der Waals surface area contributed by atoms with Crippen LogP contribution in [0.15, 0.2) is 18.2 Å². The molecule has 2 rings (SSSR count). The Morgan fingerprint density at radius 2 is 2.16 bits per heavy atom. The number of ether oxygens (including phenoxy) is 1. The van der Waals surface area contributed by atoms with E-state index in [2.05, 4.69) is 25.2 Å². The van der Waals surface area contributed by atoms with Crippen LogP contribution in [0.3, 0.4) is 0 Å². The Hall–Kier alpha value is -0.730. The molecule has 0 amide bonds. The third-order valence-corrected chi connectivity index (χ3v) is 4.37. The first-order valence-corrected chi connectivity index (χ1v) is 7.61. The number of halogens is 1. The second-order valence-corrected chi connectivity index (χ2v) is 6.12. The highest BCUT2D eigenvalue weighted by Gasteiger charge is 2.21. The van der Waals surface area contributed by atoms with Crippen molar-refractivity contribution in [2.45, 2.75) is 51.7 Å². The standard InChI is InChI=1S/C16H24ClNO/c1-11-5-4-6-14(9-11)19-16-8-7-13(10-15(16)17)12(2)18-3/h7-8,10-12,14,18H,4-6,9H2,1-3H3. The summed E-state index contributed by atoms with van der Waals surface area (Å²) >= 11 is 6.33. The zero-order valence-corrected chi connectivity index (χ0v) is 12.8. The maximum atomic E-state index is 6.33. The zero-order valence-electron chi connectivity index (χ0n) is 12.1. The van der Waals surface area contributed by atoms with Crippen LogP contribution in [0.2, 0.25) is 5.02 Å². The average Bonchev–Trinajstić information content (AvgIpc) is 2.40. The predicted molar refractivity (Wildman–Crippen MR) is 81.0 cm³/mol. The normalized spacial score (nSPS) is 25.1. The largest absolute Gasteiger partial charge is 0.489 e. The maximum absolute atomic E-state index is 6.33. The minimum atomic E-state index is 0.307. The molecular formula is C16H24ClNO. The van der Waals surface area contributed by atoms with Crippen LogP contribution in [0.1, 0.15) is 51.1 Å². The van der Waals surface area contributed by atoms with Crippen LogP contribution in [0.4, 0.5) is 0 Å². The molecule has 1 saturated carbocycles. The van der Waals surface area contributed by atoms with Crippen molar-refractivity contribution in [2.24, 2.45) is 5.92 Å². The van der Waals surface area contributed by atoms with Gasteiger partial charge in [0.05, 0.1) is 11.1 Å². The zero-order chi connectivity index (χ0) is 13.8. The minimum absolute atomic E-state index is 0.307. The van der Waals surface area contributed by atoms with E-state index in [0.29, 0.717) is 12.1 Å². The van der Waals surface area contributed by atoms with E-state index >= 15 is 0 Å². The van der Waals surface area contributed by atoms with Crippen molar-refractivity contribution in [1.29, 1.82) is 0 Å². The maximum Gasteiger partial charge on any atom is 0.138 e. The van der Waals surface area contributed by atoms with Gasteiger partial charge in [-0.2, -0.15) is 0 Å². The molecule has 3 unspecified atom stereocenters. The third-order valence-electron chi connectivity index (χ3n) is 4.07. The molecular weight excluding hydrogens is 258 g/mol. The molecule has 0 saturated heterocycles. The SMILES string of the molecule is CNC(C)c1ccc(OC2CCCC(C)C2)c(Cl)c1. The Bertz CT molecular complexity index is 421. The summed E-state index contributed by atoms with van der Waals surface area (Å²) in [6.45, 7) is 4.42. The van der Waals surface area contributed by atoms with Gasteiger partial charge in [0, 0.05) is 6.04 Å². The van der Waals surface area contributed by atoms with Gasteiger partial charge in [0.15, 0.2) is 0 Å². The molecule has 3 atom stereocenters. The van der Waals surface area contributed by atoms with E-state index in [4.69, 9.17) is 16.3 Å². The van der Waals surface area contributed by atoms with Crippen LogP contribution in [-0.2, 0) is 0 Å². The van der Waals surface area contributed by atoms with Crippen molar-refractivity contribution in [3.8, 4) is 5.75 Å². The monoisotopic (exact) mass is 281 g/mol. The fourth-order valence-corrected chi connectivity index (χ4v) is 2.95.